The lowest BCUT2D eigenvalue weighted by Gasteiger charge is -2.44. The number of hydrogen-bond acceptors (Lipinski definition) is 6. The van der Waals surface area contributed by atoms with Crippen LogP contribution < -0.4 is 10.6 Å². The van der Waals surface area contributed by atoms with Gasteiger partial charge in [-0.15, -0.1) is 0 Å². The summed E-state index contributed by atoms with van der Waals surface area (Å²) < 4.78 is 5.40. The van der Waals surface area contributed by atoms with Crippen LogP contribution in [0, 0.1) is 5.92 Å². The lowest BCUT2D eigenvalue weighted by molar-refractivity contribution is 0.0196. The first-order chi connectivity index (χ1) is 11.0. The number of rotatable bonds is 4. The number of anilines is 2. The Morgan fingerprint density at radius 2 is 2.04 bits per heavy atom. The molecule has 1 fully saturated rings. The van der Waals surface area contributed by atoms with Crippen LogP contribution in [0.2, 0.25) is 0 Å². The molecule has 1 saturated heterocycles. The van der Waals surface area contributed by atoms with Crippen molar-refractivity contribution in [3.8, 4) is 0 Å². The predicted octanol–water partition coefficient (Wildman–Crippen LogP) is 2.31. The summed E-state index contributed by atoms with van der Waals surface area (Å²) in [6.07, 6.45) is 0.502. The third-order valence-electron chi connectivity index (χ3n) is 3.79. The molecule has 1 aliphatic heterocycles. The van der Waals surface area contributed by atoms with Crippen LogP contribution in [0.1, 0.15) is 40.4 Å². The second-order valence-corrected chi connectivity index (χ2v) is 7.82. The van der Waals surface area contributed by atoms with E-state index in [1.807, 2.05) is 20.8 Å². The Labute approximate surface area is 144 Å². The summed E-state index contributed by atoms with van der Waals surface area (Å²) in [7, 11) is 1.77. The monoisotopic (exact) mass is 335 g/mol. The van der Waals surface area contributed by atoms with Crippen molar-refractivity contribution in [2.45, 2.75) is 52.7 Å². The lowest BCUT2D eigenvalue weighted by Crippen LogP contribution is -2.60. The topological polar surface area (TPSA) is 84.6 Å². The van der Waals surface area contributed by atoms with Crippen molar-refractivity contribution in [2.75, 3.05) is 30.8 Å². The number of nitrogens with zero attached hydrogens (tertiary/aromatic N) is 4. The first-order valence-electron chi connectivity index (χ1n) is 8.39. The van der Waals surface area contributed by atoms with Gasteiger partial charge < -0.3 is 20.3 Å². The van der Waals surface area contributed by atoms with E-state index in [4.69, 9.17) is 10.5 Å². The van der Waals surface area contributed by atoms with Crippen LogP contribution in [0.5, 0.6) is 0 Å². The van der Waals surface area contributed by atoms with Crippen LogP contribution in [-0.2, 0) is 11.2 Å². The van der Waals surface area contributed by atoms with Gasteiger partial charge in [0.25, 0.3) is 0 Å². The van der Waals surface area contributed by atoms with Gasteiger partial charge in [0.1, 0.15) is 23.1 Å². The van der Waals surface area contributed by atoms with Crippen LogP contribution in [0.25, 0.3) is 0 Å². The Morgan fingerprint density at radius 3 is 2.58 bits per heavy atom. The maximum absolute atomic E-state index is 12.1. The highest BCUT2D eigenvalue weighted by molar-refractivity contribution is 5.69. The van der Waals surface area contributed by atoms with Gasteiger partial charge in [0.2, 0.25) is 0 Å². The number of nitrogen functional groups attached to an aromatic ring is 1. The summed E-state index contributed by atoms with van der Waals surface area (Å²) in [5, 5.41) is 0. The molecule has 0 aromatic carbocycles. The quantitative estimate of drug-likeness (QED) is 0.909. The van der Waals surface area contributed by atoms with Gasteiger partial charge in [-0.2, -0.15) is 0 Å². The minimum Gasteiger partial charge on any atom is -0.444 e. The summed E-state index contributed by atoms with van der Waals surface area (Å²) in [4.78, 5) is 24.8. The molecule has 0 saturated carbocycles. The highest BCUT2D eigenvalue weighted by Crippen LogP contribution is 2.24. The van der Waals surface area contributed by atoms with E-state index in [1.54, 1.807) is 18.0 Å². The molecule has 134 valence electrons. The second kappa shape index (κ2) is 6.83. The van der Waals surface area contributed by atoms with Crippen molar-refractivity contribution in [2.24, 2.45) is 5.92 Å². The fourth-order valence-corrected chi connectivity index (χ4v) is 2.49. The van der Waals surface area contributed by atoms with Gasteiger partial charge in [0.15, 0.2) is 0 Å². The molecule has 0 atom stereocenters. The standard InChI is InChI=1S/C17H29N5O2/c1-11(2)7-14-19-13(18)8-15(20-14)22-9-12(10-22)21(6)16(23)24-17(3,4)5/h8,11-12H,7,9-10H2,1-6H3,(H2,18,19,20). The molecule has 2 heterocycles. The van der Waals surface area contributed by atoms with E-state index < -0.39 is 5.60 Å². The average Bonchev–Trinajstić information content (AvgIpc) is 2.32. The SMILES string of the molecule is CC(C)Cc1nc(N)cc(N2CC(N(C)C(=O)OC(C)(C)C)C2)n1. The number of amides is 1. The Balaban J connectivity index is 1.96. The second-order valence-electron chi connectivity index (χ2n) is 7.82. The summed E-state index contributed by atoms with van der Waals surface area (Å²) in [6.45, 7) is 11.3. The van der Waals surface area contributed by atoms with E-state index >= 15 is 0 Å². The van der Waals surface area contributed by atoms with Crippen molar-refractivity contribution in [1.82, 2.24) is 14.9 Å². The van der Waals surface area contributed by atoms with Gasteiger partial charge in [0.05, 0.1) is 6.04 Å². The smallest absolute Gasteiger partial charge is 0.410 e. The van der Waals surface area contributed by atoms with E-state index in [9.17, 15) is 4.79 Å². The third-order valence-corrected chi connectivity index (χ3v) is 3.79. The fourth-order valence-electron chi connectivity index (χ4n) is 2.49. The molecular formula is C17H29N5O2. The van der Waals surface area contributed by atoms with Crippen molar-refractivity contribution in [3.05, 3.63) is 11.9 Å². The normalized spacial score (nSPS) is 15.4. The Morgan fingerprint density at radius 1 is 1.42 bits per heavy atom. The maximum Gasteiger partial charge on any atom is 0.410 e. The highest BCUT2D eigenvalue weighted by atomic mass is 16.6. The van der Waals surface area contributed by atoms with E-state index in [1.165, 1.54) is 0 Å². The van der Waals surface area contributed by atoms with Gasteiger partial charge >= 0.3 is 6.09 Å². The molecule has 0 unspecified atom stereocenters. The zero-order valence-corrected chi connectivity index (χ0v) is 15.5. The zero-order chi connectivity index (χ0) is 18.1. The zero-order valence-electron chi connectivity index (χ0n) is 15.5. The largest absolute Gasteiger partial charge is 0.444 e. The average molecular weight is 335 g/mol. The maximum atomic E-state index is 12.1. The van der Waals surface area contributed by atoms with Crippen molar-refractivity contribution < 1.29 is 9.53 Å². The number of carbonyl (C=O) groups is 1. The van der Waals surface area contributed by atoms with Crippen molar-refractivity contribution >= 4 is 17.7 Å². The number of ether oxygens (including phenoxy) is 1. The molecule has 0 aliphatic carbocycles. The molecule has 7 heteroatoms. The third kappa shape index (κ3) is 4.72. The van der Waals surface area contributed by atoms with Crippen LogP contribution in [0.3, 0.4) is 0 Å². The summed E-state index contributed by atoms with van der Waals surface area (Å²) in [6, 6.07) is 1.90. The first kappa shape index (κ1) is 18.3. The van der Waals surface area contributed by atoms with Crippen molar-refractivity contribution in [3.63, 3.8) is 0 Å². The molecule has 2 rings (SSSR count). The van der Waals surface area contributed by atoms with Gasteiger partial charge in [-0.3, -0.25) is 0 Å². The van der Waals surface area contributed by atoms with Gasteiger partial charge in [0, 0.05) is 32.6 Å². The minimum atomic E-state index is -0.484. The molecule has 24 heavy (non-hydrogen) atoms. The Bertz CT molecular complexity index is 591. The molecule has 0 spiro atoms. The molecule has 2 N–H and O–H groups in total. The van der Waals surface area contributed by atoms with E-state index in [0.717, 1.165) is 18.1 Å². The number of hydrogen-bond donors (Lipinski definition) is 1. The van der Waals surface area contributed by atoms with Crippen LogP contribution in [0.15, 0.2) is 6.07 Å². The van der Waals surface area contributed by atoms with Gasteiger partial charge in [-0.05, 0) is 26.7 Å². The van der Waals surface area contributed by atoms with Gasteiger partial charge in [-0.25, -0.2) is 14.8 Å². The summed E-state index contributed by atoms with van der Waals surface area (Å²) in [5.41, 5.74) is 5.42. The molecular weight excluding hydrogens is 306 g/mol. The predicted molar refractivity (Wildman–Crippen MR) is 95.0 cm³/mol. The number of carbonyl (C=O) groups excluding carboxylic acids is 1. The van der Waals surface area contributed by atoms with E-state index in [2.05, 4.69) is 28.7 Å². The highest BCUT2D eigenvalue weighted by Gasteiger charge is 2.35. The molecule has 1 amide bonds. The van der Waals surface area contributed by atoms with E-state index in [0.29, 0.717) is 24.8 Å². The number of nitrogens with two attached hydrogens (primary N) is 1. The lowest BCUT2D eigenvalue weighted by atomic mass is 10.1. The Hall–Kier alpha value is -2.05. The molecule has 0 bridgehead atoms. The minimum absolute atomic E-state index is 0.115. The van der Waals surface area contributed by atoms with Crippen LogP contribution in [0.4, 0.5) is 16.4 Å². The molecule has 1 aromatic heterocycles. The van der Waals surface area contributed by atoms with Crippen molar-refractivity contribution in [1.29, 1.82) is 0 Å². The number of aromatic nitrogens is 2. The molecule has 1 aromatic rings. The summed E-state index contributed by atoms with van der Waals surface area (Å²) >= 11 is 0. The molecule has 7 nitrogen and oxygen atoms in total. The fraction of sp³-hybridized carbons (Fsp3) is 0.706. The van der Waals surface area contributed by atoms with E-state index in [-0.39, 0.29) is 12.1 Å². The molecule has 1 aliphatic rings. The first-order valence-corrected chi connectivity index (χ1v) is 8.39. The van der Waals surface area contributed by atoms with Gasteiger partial charge in [-0.1, -0.05) is 13.8 Å². The Kier molecular flexibility index (Phi) is 5.20. The molecule has 0 radical (unpaired) electrons. The van der Waals surface area contributed by atoms with Crippen LogP contribution in [-0.4, -0.2) is 52.7 Å². The number of likely N-dealkylation sites (N-methyl/N-ethyl adjacent to an activating group) is 1. The summed E-state index contributed by atoms with van der Waals surface area (Å²) in [5.74, 6) is 2.55. The van der Waals surface area contributed by atoms with Crippen LogP contribution >= 0.6 is 0 Å².